The summed E-state index contributed by atoms with van der Waals surface area (Å²) in [6.45, 7) is 1.39. The highest BCUT2D eigenvalue weighted by atomic mass is 19.1. The third kappa shape index (κ3) is 2.95. The Morgan fingerprint density at radius 1 is 1.36 bits per heavy atom. The number of carbonyl (C=O) groups excluding carboxylic acids is 4. The molecule has 8 nitrogen and oxygen atoms in total. The maximum absolute atomic E-state index is 14.4. The largest absolute Gasteiger partial charge is 0.423 e. The number of halogens is 1. The Balaban J connectivity index is 1.85. The summed E-state index contributed by atoms with van der Waals surface area (Å²) in [5.41, 5.74) is 0.0975. The van der Waals surface area contributed by atoms with E-state index in [0.717, 1.165) is 12.1 Å². The molecular formula is C16H14FN3O5. The predicted octanol–water partition coefficient (Wildman–Crippen LogP) is 0.626. The summed E-state index contributed by atoms with van der Waals surface area (Å²) >= 11 is 0. The van der Waals surface area contributed by atoms with E-state index in [0.29, 0.717) is 0 Å². The van der Waals surface area contributed by atoms with E-state index in [1.54, 1.807) is 0 Å². The molecule has 1 saturated heterocycles. The van der Waals surface area contributed by atoms with Gasteiger partial charge in [-0.15, -0.1) is 0 Å². The molecule has 0 spiro atoms. The van der Waals surface area contributed by atoms with E-state index >= 15 is 0 Å². The molecule has 1 atom stereocenters. The Labute approximate surface area is 141 Å². The molecule has 2 heterocycles. The molecular weight excluding hydrogens is 333 g/mol. The molecule has 9 heteroatoms. The predicted molar refractivity (Wildman–Crippen MR) is 83.6 cm³/mol. The number of imide groups is 1. The van der Waals surface area contributed by atoms with Crippen LogP contribution in [0, 0.1) is 5.82 Å². The average Bonchev–Trinajstić information content (AvgIpc) is 3.08. The number of amides is 4. The van der Waals surface area contributed by atoms with Gasteiger partial charge < -0.3 is 9.64 Å². The maximum atomic E-state index is 14.4. The summed E-state index contributed by atoms with van der Waals surface area (Å²) in [4.78, 5) is 48.6. The number of hydrogen-bond donors (Lipinski definition) is 1. The Bertz CT molecular complexity index is 835. The molecule has 2 aliphatic heterocycles. The molecule has 0 bridgehead atoms. The van der Waals surface area contributed by atoms with Crippen molar-refractivity contribution in [1.82, 2.24) is 10.2 Å². The van der Waals surface area contributed by atoms with Gasteiger partial charge in [-0.25, -0.2) is 9.18 Å². The number of likely N-dealkylation sites (N-methyl/N-ethyl adjacent to an activating group) is 1. The molecule has 2 aliphatic rings. The van der Waals surface area contributed by atoms with Gasteiger partial charge >= 0.3 is 6.09 Å². The van der Waals surface area contributed by atoms with Gasteiger partial charge in [-0.3, -0.25) is 24.6 Å². The fourth-order valence-electron chi connectivity index (χ4n) is 2.57. The second-order valence-corrected chi connectivity index (χ2v) is 5.62. The van der Waals surface area contributed by atoms with Crippen LogP contribution >= 0.6 is 0 Å². The van der Waals surface area contributed by atoms with Crippen molar-refractivity contribution < 1.29 is 28.3 Å². The quantitative estimate of drug-likeness (QED) is 0.809. The van der Waals surface area contributed by atoms with Crippen LogP contribution in [0.4, 0.5) is 14.9 Å². The summed E-state index contributed by atoms with van der Waals surface area (Å²) < 4.78 is 19.5. The van der Waals surface area contributed by atoms with Gasteiger partial charge in [0.05, 0.1) is 17.8 Å². The Morgan fingerprint density at radius 3 is 2.64 bits per heavy atom. The van der Waals surface area contributed by atoms with Crippen LogP contribution < -0.4 is 10.2 Å². The number of nitrogens with one attached hydrogen (secondary N) is 1. The van der Waals surface area contributed by atoms with Crippen LogP contribution in [-0.4, -0.2) is 48.5 Å². The number of nitrogens with zero attached hydrogens (tertiary/aromatic N) is 2. The Hall–Kier alpha value is -3.23. The van der Waals surface area contributed by atoms with E-state index in [1.807, 2.05) is 5.32 Å². The minimum Gasteiger partial charge on any atom is -0.423 e. The molecule has 1 aromatic rings. The van der Waals surface area contributed by atoms with Crippen molar-refractivity contribution in [3.05, 3.63) is 35.7 Å². The maximum Gasteiger partial charge on any atom is 0.416 e. The molecule has 4 amide bonds. The van der Waals surface area contributed by atoms with Crippen LogP contribution in [0.2, 0.25) is 0 Å². The zero-order valence-corrected chi connectivity index (χ0v) is 13.4. The van der Waals surface area contributed by atoms with Gasteiger partial charge in [0.1, 0.15) is 5.82 Å². The highest BCUT2D eigenvalue weighted by Crippen LogP contribution is 2.28. The van der Waals surface area contributed by atoms with Crippen molar-refractivity contribution in [3.63, 3.8) is 0 Å². The van der Waals surface area contributed by atoms with E-state index in [2.05, 4.69) is 0 Å². The SMILES string of the molecule is CC(=O)N(C)[C@@H]1CN(c2ccc(C3=CC(=O)NC3=O)c(F)c2)C(=O)O1. The number of anilines is 1. The molecule has 25 heavy (non-hydrogen) atoms. The number of rotatable bonds is 3. The topological polar surface area (TPSA) is 96.0 Å². The van der Waals surface area contributed by atoms with Crippen LogP contribution in [0.1, 0.15) is 12.5 Å². The van der Waals surface area contributed by atoms with Gasteiger partial charge in [0.2, 0.25) is 5.91 Å². The normalized spacial score (nSPS) is 19.6. The van der Waals surface area contributed by atoms with Gasteiger partial charge in [-0.1, -0.05) is 0 Å². The first-order chi connectivity index (χ1) is 11.8. The monoisotopic (exact) mass is 347 g/mol. The molecule has 1 N–H and O–H groups in total. The highest BCUT2D eigenvalue weighted by molar-refractivity contribution is 6.33. The van der Waals surface area contributed by atoms with Crippen molar-refractivity contribution in [2.24, 2.45) is 0 Å². The van der Waals surface area contributed by atoms with E-state index < -0.39 is 30.0 Å². The number of benzene rings is 1. The highest BCUT2D eigenvalue weighted by Gasteiger charge is 2.36. The Kier molecular flexibility index (Phi) is 3.99. The first kappa shape index (κ1) is 16.6. The first-order valence-electron chi connectivity index (χ1n) is 7.36. The number of cyclic esters (lactones) is 1. The van der Waals surface area contributed by atoms with Crippen LogP contribution in [0.15, 0.2) is 24.3 Å². The van der Waals surface area contributed by atoms with E-state index in [1.165, 1.54) is 35.9 Å². The molecule has 3 rings (SSSR count). The summed E-state index contributed by atoms with van der Waals surface area (Å²) in [6, 6.07) is 3.82. The second kappa shape index (κ2) is 6.00. The minimum absolute atomic E-state index is 0.0444. The third-order valence-electron chi connectivity index (χ3n) is 4.04. The molecule has 0 saturated carbocycles. The fourth-order valence-corrected chi connectivity index (χ4v) is 2.57. The lowest BCUT2D eigenvalue weighted by Crippen LogP contribution is -2.38. The van der Waals surface area contributed by atoms with Gasteiger partial charge in [0.25, 0.3) is 11.8 Å². The van der Waals surface area contributed by atoms with Crippen molar-refractivity contribution in [2.75, 3.05) is 18.5 Å². The number of ether oxygens (including phenoxy) is 1. The second-order valence-electron chi connectivity index (χ2n) is 5.62. The summed E-state index contributed by atoms with van der Waals surface area (Å²) in [6.07, 6.45) is -0.463. The molecule has 0 radical (unpaired) electrons. The number of carbonyl (C=O) groups is 4. The van der Waals surface area contributed by atoms with Crippen LogP contribution in [0.3, 0.4) is 0 Å². The van der Waals surface area contributed by atoms with Gasteiger partial charge in [-0.05, 0) is 18.2 Å². The Morgan fingerprint density at radius 2 is 2.08 bits per heavy atom. The van der Waals surface area contributed by atoms with Crippen molar-refractivity contribution in [1.29, 1.82) is 0 Å². The minimum atomic E-state index is -0.770. The van der Waals surface area contributed by atoms with Crippen molar-refractivity contribution >= 4 is 35.1 Å². The lowest BCUT2D eigenvalue weighted by molar-refractivity contribution is -0.134. The average molecular weight is 347 g/mol. The zero-order chi connectivity index (χ0) is 18.3. The van der Waals surface area contributed by atoms with Crippen LogP contribution in [0.5, 0.6) is 0 Å². The van der Waals surface area contributed by atoms with Gasteiger partial charge in [0.15, 0.2) is 6.23 Å². The van der Waals surface area contributed by atoms with Crippen molar-refractivity contribution in [2.45, 2.75) is 13.2 Å². The van der Waals surface area contributed by atoms with Crippen molar-refractivity contribution in [3.8, 4) is 0 Å². The smallest absolute Gasteiger partial charge is 0.416 e. The fraction of sp³-hybridized carbons (Fsp3) is 0.250. The summed E-state index contributed by atoms with van der Waals surface area (Å²) in [5, 5.41) is 2.04. The lowest BCUT2D eigenvalue weighted by Gasteiger charge is -2.20. The standard InChI is InChI=1S/C16H14FN3O5/c1-8(21)19(2)14-7-20(16(24)25-14)9-3-4-10(12(17)5-9)11-6-13(22)18-15(11)23/h3-6,14H,7H2,1-2H3,(H,18,22,23)/t14-/m0/s1. The van der Waals surface area contributed by atoms with E-state index in [9.17, 15) is 23.6 Å². The van der Waals surface area contributed by atoms with E-state index in [-0.39, 0.29) is 29.3 Å². The zero-order valence-electron chi connectivity index (χ0n) is 13.4. The molecule has 130 valence electrons. The molecule has 0 aromatic heterocycles. The van der Waals surface area contributed by atoms with Crippen LogP contribution in [0.25, 0.3) is 5.57 Å². The van der Waals surface area contributed by atoms with Crippen LogP contribution in [-0.2, 0) is 19.1 Å². The number of hydrogen-bond acceptors (Lipinski definition) is 5. The summed E-state index contributed by atoms with van der Waals surface area (Å²) in [7, 11) is 1.50. The molecule has 1 aromatic carbocycles. The summed E-state index contributed by atoms with van der Waals surface area (Å²) in [5.74, 6) is -2.32. The third-order valence-corrected chi connectivity index (χ3v) is 4.04. The molecule has 1 fully saturated rings. The lowest BCUT2D eigenvalue weighted by atomic mass is 10.0. The van der Waals surface area contributed by atoms with Gasteiger partial charge in [-0.2, -0.15) is 0 Å². The first-order valence-corrected chi connectivity index (χ1v) is 7.36. The van der Waals surface area contributed by atoms with Gasteiger partial charge in [0, 0.05) is 25.6 Å². The molecule has 0 aliphatic carbocycles. The van der Waals surface area contributed by atoms with E-state index in [4.69, 9.17) is 4.74 Å². The molecule has 0 unspecified atom stereocenters.